The van der Waals surface area contributed by atoms with Gasteiger partial charge in [-0.2, -0.15) is 0 Å². The zero-order chi connectivity index (χ0) is 32.0. The number of anilines is 1. The number of aromatic nitrogens is 2. The van der Waals surface area contributed by atoms with Gasteiger partial charge in [0.2, 0.25) is 5.91 Å². The number of hydrogen-bond acceptors (Lipinski definition) is 5. The number of para-hydroxylation sites is 1. The summed E-state index contributed by atoms with van der Waals surface area (Å²) in [5.41, 5.74) is 3.91. The molecule has 2 aromatic heterocycles. The lowest BCUT2D eigenvalue weighted by molar-refractivity contribution is -0.116. The van der Waals surface area contributed by atoms with Crippen LogP contribution in [0.15, 0.2) is 60.8 Å². The van der Waals surface area contributed by atoms with Crippen LogP contribution in [0, 0.1) is 11.3 Å². The van der Waals surface area contributed by atoms with Gasteiger partial charge in [0.15, 0.2) is 0 Å². The molecule has 0 radical (unpaired) electrons. The minimum absolute atomic E-state index is 0.0353. The van der Waals surface area contributed by atoms with Gasteiger partial charge in [0.05, 0.1) is 34.1 Å². The van der Waals surface area contributed by atoms with Crippen LogP contribution in [0.2, 0.25) is 0 Å². The molecule has 7 nitrogen and oxygen atoms in total. The van der Waals surface area contributed by atoms with E-state index in [-0.39, 0.29) is 17.4 Å². The summed E-state index contributed by atoms with van der Waals surface area (Å²) in [6.45, 7) is 6.34. The first-order valence-electron chi connectivity index (χ1n) is 18.5. The molecule has 6 heterocycles. The maximum atomic E-state index is 13.2. The summed E-state index contributed by atoms with van der Waals surface area (Å²) in [5.74, 6) is 0.341. The van der Waals surface area contributed by atoms with Crippen molar-refractivity contribution in [1.82, 2.24) is 19.8 Å². The zero-order valence-electron chi connectivity index (χ0n) is 28.0. The van der Waals surface area contributed by atoms with E-state index < -0.39 is 5.60 Å². The van der Waals surface area contributed by atoms with Gasteiger partial charge in [-0.05, 0) is 120 Å². The first-order chi connectivity index (χ1) is 23.0. The minimum Gasteiger partial charge on any atom is -0.384 e. The quantitative estimate of drug-likeness (QED) is 0.258. The Morgan fingerprint density at radius 2 is 1.85 bits per heavy atom. The summed E-state index contributed by atoms with van der Waals surface area (Å²) in [4.78, 5) is 27.0. The smallest absolute Gasteiger partial charge is 0.224 e. The molecule has 4 aliphatic heterocycles. The summed E-state index contributed by atoms with van der Waals surface area (Å²) < 4.78 is 0. The Hall–Kier alpha value is -3.26. The Kier molecular flexibility index (Phi) is 8.35. The van der Waals surface area contributed by atoms with E-state index in [1.807, 2.05) is 25.3 Å². The van der Waals surface area contributed by atoms with Gasteiger partial charge in [-0.1, -0.05) is 43.4 Å². The van der Waals surface area contributed by atoms with Crippen molar-refractivity contribution in [2.45, 2.75) is 102 Å². The molecule has 1 aromatic carbocycles. The molecule has 47 heavy (non-hydrogen) atoms. The molecular formula is C40H51N5O2. The number of nitrogens with one attached hydrogen (secondary N) is 2. The molecule has 1 spiro atoms. The highest BCUT2D eigenvalue weighted by molar-refractivity contribution is 6.14. The van der Waals surface area contributed by atoms with Gasteiger partial charge in [0.25, 0.3) is 0 Å². The van der Waals surface area contributed by atoms with Crippen LogP contribution in [0.5, 0.6) is 0 Å². The average molecular weight is 634 g/mol. The maximum absolute atomic E-state index is 13.2. The van der Waals surface area contributed by atoms with E-state index in [1.165, 1.54) is 31.3 Å². The molecule has 5 aliphatic rings. The molecule has 0 saturated carbocycles. The number of allylic oxidation sites excluding steroid dienone is 4. The topological polar surface area (TPSA) is 84.5 Å². The second-order valence-corrected chi connectivity index (χ2v) is 15.0. The Morgan fingerprint density at radius 3 is 2.74 bits per heavy atom. The van der Waals surface area contributed by atoms with E-state index in [9.17, 15) is 9.90 Å². The molecule has 8 rings (SSSR count). The van der Waals surface area contributed by atoms with E-state index in [1.54, 1.807) is 0 Å². The van der Waals surface area contributed by atoms with Gasteiger partial charge in [-0.3, -0.25) is 14.7 Å². The van der Waals surface area contributed by atoms with Gasteiger partial charge in [0, 0.05) is 41.4 Å². The largest absolute Gasteiger partial charge is 0.384 e. The van der Waals surface area contributed by atoms with Crippen LogP contribution in [-0.4, -0.2) is 74.6 Å². The Morgan fingerprint density at radius 1 is 1.02 bits per heavy atom. The lowest BCUT2D eigenvalue weighted by Crippen LogP contribution is -2.65. The number of piperidine rings is 1. The maximum Gasteiger partial charge on any atom is 0.224 e. The fourth-order valence-electron chi connectivity index (χ4n) is 10.2. The lowest BCUT2D eigenvalue weighted by Gasteiger charge is -2.58. The third-order valence-corrected chi connectivity index (χ3v) is 12.0. The third-order valence-electron chi connectivity index (χ3n) is 12.0. The van der Waals surface area contributed by atoms with Crippen molar-refractivity contribution in [2.24, 2.45) is 11.3 Å². The summed E-state index contributed by atoms with van der Waals surface area (Å²) >= 11 is 0. The number of carbonyl (C=O) groups is 1. The van der Waals surface area contributed by atoms with E-state index in [2.05, 4.69) is 62.6 Å². The third kappa shape index (κ3) is 5.39. The Balaban J connectivity index is 1.31. The summed E-state index contributed by atoms with van der Waals surface area (Å²) in [6.07, 6.45) is 26.0. The lowest BCUT2D eigenvalue weighted by atomic mass is 9.54. The van der Waals surface area contributed by atoms with E-state index >= 15 is 0 Å². The number of pyridine rings is 1. The number of aliphatic hydroxyl groups is 1. The summed E-state index contributed by atoms with van der Waals surface area (Å²) in [5, 5.41) is 18.6. The molecule has 2 fully saturated rings. The first-order valence-corrected chi connectivity index (χ1v) is 18.5. The van der Waals surface area contributed by atoms with Crippen LogP contribution >= 0.6 is 0 Å². The molecule has 2 saturated heterocycles. The number of amides is 1. The van der Waals surface area contributed by atoms with Crippen LogP contribution in [0.3, 0.4) is 0 Å². The minimum atomic E-state index is -0.968. The first kappa shape index (κ1) is 31.0. The van der Waals surface area contributed by atoms with Gasteiger partial charge in [0.1, 0.15) is 0 Å². The van der Waals surface area contributed by atoms with Crippen molar-refractivity contribution in [3.63, 3.8) is 0 Å². The van der Waals surface area contributed by atoms with Crippen molar-refractivity contribution >= 4 is 39.0 Å². The molecule has 3 bridgehead atoms. The average Bonchev–Trinajstić information content (AvgIpc) is 3.58. The number of hydrogen-bond donors (Lipinski definition) is 3. The zero-order valence-corrected chi connectivity index (χ0v) is 28.0. The molecule has 7 heteroatoms. The molecular weight excluding hydrogens is 582 g/mol. The van der Waals surface area contributed by atoms with Crippen LogP contribution in [0.4, 0.5) is 5.69 Å². The molecule has 3 aromatic rings. The number of nitrogens with zero attached hydrogens (tertiary/aromatic N) is 3. The monoisotopic (exact) mass is 633 g/mol. The van der Waals surface area contributed by atoms with Crippen LogP contribution in [0.1, 0.15) is 89.7 Å². The highest BCUT2D eigenvalue weighted by atomic mass is 16.3. The fourth-order valence-corrected chi connectivity index (χ4v) is 10.2. The van der Waals surface area contributed by atoms with Crippen LogP contribution < -0.4 is 5.32 Å². The highest BCUT2D eigenvalue weighted by Gasteiger charge is 2.65. The highest BCUT2D eigenvalue weighted by Crippen LogP contribution is 2.61. The molecule has 1 amide bonds. The van der Waals surface area contributed by atoms with Crippen molar-refractivity contribution < 1.29 is 9.90 Å². The molecule has 3 N–H and O–H groups in total. The number of carbonyl (C=O) groups excluding carboxylic acids is 1. The molecule has 6 atom stereocenters. The Labute approximate surface area is 279 Å². The standard InChI is InChI=1S/C40H51N5O2/c1-2-14-34(46)42-33-17-13-16-29-30-18-21-41-36(37(30)43-35(29)33)31-26-40(47)20-10-6-3-4-7-11-22-44-24-19-32(31)39(27-44)25-28-15-9-5-8-12-23-45(28)38(39)40/h3,6,9,13,15-18,21,26,28,32,38,43,47H,2,4-5,7-8,10-12,14,19-20,22-25,27H2,1H3,(H,42,46)/b6-3-,15-9-/t28-,32-,38+,39-,40-/m0/s1. The number of benzene rings is 1. The SMILES string of the molecule is CCCC(=O)Nc1cccc2c1[nH]c1c(C3=C[C@@]4(O)CC/C=C\CCCCN5CC[C@@H]3[C@]3(C[C@@H]6/C=C\CCCCN6[C@H]34)C5)nccc12. The van der Waals surface area contributed by atoms with E-state index in [4.69, 9.17) is 4.98 Å². The van der Waals surface area contributed by atoms with Crippen LogP contribution in [0.25, 0.3) is 27.4 Å². The number of aromatic amines is 1. The van der Waals surface area contributed by atoms with Crippen molar-refractivity contribution in [2.75, 3.05) is 31.5 Å². The van der Waals surface area contributed by atoms with Gasteiger partial charge in [-0.25, -0.2) is 0 Å². The van der Waals surface area contributed by atoms with E-state index in [0.717, 1.165) is 104 Å². The second kappa shape index (κ2) is 12.6. The normalized spacial score (nSPS) is 34.2. The number of rotatable bonds is 4. The predicted molar refractivity (Wildman–Crippen MR) is 191 cm³/mol. The summed E-state index contributed by atoms with van der Waals surface area (Å²) in [7, 11) is 0. The fraction of sp³-hybridized carbons (Fsp3) is 0.550. The predicted octanol–water partition coefficient (Wildman–Crippen LogP) is 7.59. The van der Waals surface area contributed by atoms with Crippen molar-refractivity contribution in [3.8, 4) is 0 Å². The molecule has 248 valence electrons. The Bertz CT molecular complexity index is 1740. The summed E-state index contributed by atoms with van der Waals surface area (Å²) in [6, 6.07) is 8.68. The second-order valence-electron chi connectivity index (χ2n) is 15.0. The van der Waals surface area contributed by atoms with Crippen molar-refractivity contribution in [1.29, 1.82) is 0 Å². The number of fused-ring (bicyclic) bond motifs is 5. The number of H-pyrrole nitrogens is 1. The van der Waals surface area contributed by atoms with Crippen LogP contribution in [-0.2, 0) is 4.79 Å². The van der Waals surface area contributed by atoms with Crippen molar-refractivity contribution in [3.05, 3.63) is 66.5 Å². The van der Waals surface area contributed by atoms with Gasteiger partial charge >= 0.3 is 0 Å². The van der Waals surface area contributed by atoms with E-state index in [0.29, 0.717) is 18.4 Å². The van der Waals surface area contributed by atoms with Gasteiger partial charge in [-0.15, -0.1) is 0 Å². The molecule has 1 unspecified atom stereocenters. The van der Waals surface area contributed by atoms with Gasteiger partial charge < -0.3 is 20.3 Å². The molecule has 1 aliphatic carbocycles.